The van der Waals surface area contributed by atoms with Crippen molar-refractivity contribution in [2.75, 3.05) is 0 Å². The summed E-state index contributed by atoms with van der Waals surface area (Å²) < 4.78 is 295. The molecular formula is C12HF23. The van der Waals surface area contributed by atoms with E-state index in [1.165, 1.54) is 0 Å². The molecule has 0 aliphatic heterocycles. The molecule has 0 N–H and O–H groups in total. The molecule has 23 heteroatoms. The Morgan fingerprint density at radius 1 is 0.343 bits per heavy atom. The molecule has 0 atom stereocenters. The average Bonchev–Trinajstić information content (AvgIpc) is 2.64. The molecule has 0 bridgehead atoms. The Morgan fingerprint density at radius 2 is 0.543 bits per heavy atom. The van der Waals surface area contributed by atoms with Crippen molar-refractivity contribution < 1.29 is 101 Å². The van der Waals surface area contributed by atoms with Crippen molar-refractivity contribution in [2.24, 2.45) is 0 Å². The third kappa shape index (κ3) is 3.84. The van der Waals surface area contributed by atoms with E-state index in [1.807, 2.05) is 0 Å². The molecule has 0 aromatic rings. The van der Waals surface area contributed by atoms with Crippen LogP contribution in [-0.2, 0) is 0 Å². The number of hydrogen-bond acceptors (Lipinski definition) is 0. The van der Waals surface area contributed by atoms with E-state index >= 15 is 0 Å². The summed E-state index contributed by atoms with van der Waals surface area (Å²) in [6, 6.07) is 0. The second-order valence-electron chi connectivity index (χ2n) is 6.12. The van der Waals surface area contributed by atoms with E-state index in [1.54, 1.807) is 0 Å². The van der Waals surface area contributed by atoms with E-state index in [-0.39, 0.29) is 0 Å². The average molecular weight is 582 g/mol. The molecule has 0 saturated carbocycles. The summed E-state index contributed by atoms with van der Waals surface area (Å²) in [7, 11) is 0. The van der Waals surface area contributed by atoms with Gasteiger partial charge in [0.25, 0.3) is 0 Å². The van der Waals surface area contributed by atoms with Crippen LogP contribution in [0.5, 0.6) is 0 Å². The predicted molar refractivity (Wildman–Crippen MR) is 60.9 cm³/mol. The highest BCUT2D eigenvalue weighted by Crippen LogP contribution is 2.66. The molecule has 0 nitrogen and oxygen atoms in total. The van der Waals surface area contributed by atoms with Crippen molar-refractivity contribution in [2.45, 2.75) is 59.5 Å². The molecular weight excluding hydrogens is 581 g/mol. The highest BCUT2D eigenvalue weighted by atomic mass is 19.4. The second kappa shape index (κ2) is 8.07. The SMILES string of the molecule is FC=C(F)C(F)(F)C(F)(F)C(F)(F)C(F)(F)C(F)(F)C(F)(F)C(F)(F)C(F)(F)C(F)(F)C(F)(F)F. The largest absolute Gasteiger partial charge is 0.460 e. The van der Waals surface area contributed by atoms with Crippen LogP contribution >= 0.6 is 0 Å². The zero-order valence-electron chi connectivity index (χ0n) is 14.8. The normalized spacial score (nSPS) is 17.2. The van der Waals surface area contributed by atoms with E-state index in [0.29, 0.717) is 0 Å². The topological polar surface area (TPSA) is 0 Å². The first-order chi connectivity index (χ1) is 14.7. The number of alkyl halides is 21. The maximum Gasteiger partial charge on any atom is 0.460 e. The van der Waals surface area contributed by atoms with Crippen LogP contribution in [0.3, 0.4) is 0 Å². The Morgan fingerprint density at radius 3 is 0.743 bits per heavy atom. The molecule has 0 unspecified atom stereocenters. The molecule has 0 fully saturated rings. The summed E-state index contributed by atoms with van der Waals surface area (Å²) >= 11 is 0. The lowest BCUT2D eigenvalue weighted by Gasteiger charge is -2.44. The van der Waals surface area contributed by atoms with E-state index < -0.39 is 71.6 Å². The lowest BCUT2D eigenvalue weighted by molar-refractivity contribution is -0.473. The summed E-state index contributed by atoms with van der Waals surface area (Å²) in [6.07, 6.45) is -10.5. The summed E-state index contributed by atoms with van der Waals surface area (Å²) in [6.45, 7) is 0. The molecule has 0 radical (unpaired) electrons. The predicted octanol–water partition coefficient (Wildman–Crippen LogP) is 8.05. The minimum Gasteiger partial charge on any atom is -0.212 e. The van der Waals surface area contributed by atoms with Crippen LogP contribution in [0.25, 0.3) is 0 Å². The first-order valence-electron chi connectivity index (χ1n) is 7.16. The Balaban J connectivity index is 7.15. The second-order valence-corrected chi connectivity index (χ2v) is 6.12. The fourth-order valence-corrected chi connectivity index (χ4v) is 1.78. The standard InChI is InChI=1S/C12HF23/c13-1-2(14)3(15,16)4(17,18)5(19,20)6(21,22)7(23,24)8(25,26)9(27,28)10(29,30)11(31,32)12(33,34)35/h1H. The van der Waals surface area contributed by atoms with Gasteiger partial charge in [-0.3, -0.25) is 0 Å². The number of hydrogen-bond donors (Lipinski definition) is 0. The van der Waals surface area contributed by atoms with Gasteiger partial charge in [-0.05, 0) is 0 Å². The fraction of sp³-hybridized carbons (Fsp3) is 0.833. The first-order valence-corrected chi connectivity index (χ1v) is 7.16. The van der Waals surface area contributed by atoms with Crippen LogP contribution in [0.15, 0.2) is 12.2 Å². The van der Waals surface area contributed by atoms with Gasteiger partial charge in [-0.1, -0.05) is 0 Å². The molecule has 210 valence electrons. The monoisotopic (exact) mass is 582 g/mol. The van der Waals surface area contributed by atoms with Gasteiger partial charge in [-0.2, -0.15) is 92.2 Å². The molecule has 0 aromatic heterocycles. The summed E-state index contributed by atoms with van der Waals surface area (Å²) in [5.74, 6) is -84.2. The molecule has 0 aromatic carbocycles. The van der Waals surface area contributed by atoms with Gasteiger partial charge >= 0.3 is 59.5 Å². The molecule has 0 saturated heterocycles. The van der Waals surface area contributed by atoms with Gasteiger partial charge in [-0.25, -0.2) is 8.78 Å². The third-order valence-electron chi connectivity index (χ3n) is 3.91. The van der Waals surface area contributed by atoms with E-state index in [9.17, 15) is 101 Å². The summed E-state index contributed by atoms with van der Waals surface area (Å²) in [5.41, 5.74) is 0. The van der Waals surface area contributed by atoms with Gasteiger partial charge in [0.05, 0.1) is 0 Å². The van der Waals surface area contributed by atoms with Gasteiger partial charge < -0.3 is 0 Å². The van der Waals surface area contributed by atoms with Gasteiger partial charge in [-0.15, -0.1) is 0 Å². The molecule has 35 heavy (non-hydrogen) atoms. The van der Waals surface area contributed by atoms with Crippen LogP contribution in [0.1, 0.15) is 0 Å². The van der Waals surface area contributed by atoms with E-state index in [4.69, 9.17) is 0 Å². The minimum atomic E-state index is -9.33. The van der Waals surface area contributed by atoms with Crippen molar-refractivity contribution in [1.82, 2.24) is 0 Å². The van der Waals surface area contributed by atoms with Crippen molar-refractivity contribution in [1.29, 1.82) is 0 Å². The highest BCUT2D eigenvalue weighted by molar-refractivity contribution is 5.21. The number of halogens is 23. The zero-order valence-corrected chi connectivity index (χ0v) is 14.8. The van der Waals surface area contributed by atoms with Crippen molar-refractivity contribution >= 4 is 0 Å². The summed E-state index contributed by atoms with van der Waals surface area (Å²) in [4.78, 5) is 0. The van der Waals surface area contributed by atoms with Gasteiger partial charge in [0.2, 0.25) is 5.83 Å². The Hall–Kier alpha value is -1.87. The molecule has 0 aliphatic carbocycles. The van der Waals surface area contributed by atoms with Crippen molar-refractivity contribution in [3.05, 3.63) is 12.2 Å². The van der Waals surface area contributed by atoms with E-state index in [2.05, 4.69) is 0 Å². The minimum absolute atomic E-state index is 2.40. The Bertz CT molecular complexity index is 809. The van der Waals surface area contributed by atoms with Crippen LogP contribution in [0.4, 0.5) is 101 Å². The van der Waals surface area contributed by atoms with Gasteiger partial charge in [0.15, 0.2) is 0 Å². The van der Waals surface area contributed by atoms with Crippen LogP contribution in [-0.4, -0.2) is 59.5 Å². The number of allylic oxidation sites excluding steroid dienone is 1. The first kappa shape index (κ1) is 33.1. The lowest BCUT2D eigenvalue weighted by atomic mass is 9.86. The molecule has 0 rings (SSSR count). The summed E-state index contributed by atoms with van der Waals surface area (Å²) in [5, 5.41) is 0. The van der Waals surface area contributed by atoms with Crippen LogP contribution < -0.4 is 0 Å². The molecule has 0 aliphatic rings. The zero-order chi connectivity index (χ0) is 29.3. The molecule has 0 heterocycles. The quantitative estimate of drug-likeness (QED) is 0.242. The van der Waals surface area contributed by atoms with Crippen molar-refractivity contribution in [3.8, 4) is 0 Å². The molecule has 0 amide bonds. The number of rotatable bonds is 9. The van der Waals surface area contributed by atoms with E-state index in [0.717, 1.165) is 0 Å². The van der Waals surface area contributed by atoms with Crippen molar-refractivity contribution in [3.63, 3.8) is 0 Å². The lowest BCUT2D eigenvalue weighted by Crippen LogP contribution is -2.76. The van der Waals surface area contributed by atoms with Crippen LogP contribution in [0, 0.1) is 0 Å². The maximum absolute atomic E-state index is 13.3. The Kier molecular flexibility index (Phi) is 7.64. The maximum atomic E-state index is 13.3. The van der Waals surface area contributed by atoms with Gasteiger partial charge in [0, 0.05) is 0 Å². The highest BCUT2D eigenvalue weighted by Gasteiger charge is 2.98. The fourth-order valence-electron chi connectivity index (χ4n) is 1.78. The van der Waals surface area contributed by atoms with Crippen LogP contribution in [0.2, 0.25) is 0 Å². The Labute approximate surface area is 174 Å². The smallest absolute Gasteiger partial charge is 0.212 e. The van der Waals surface area contributed by atoms with Gasteiger partial charge in [0.1, 0.15) is 6.33 Å². The third-order valence-corrected chi connectivity index (χ3v) is 3.91. The molecule has 0 spiro atoms.